The monoisotopic (exact) mass is 434 g/mol. The number of rotatable bonds is 4. The first-order valence-corrected chi connectivity index (χ1v) is 9.89. The van der Waals surface area contributed by atoms with Crippen molar-refractivity contribution in [1.82, 2.24) is 10.0 Å². The van der Waals surface area contributed by atoms with Gasteiger partial charge in [0.2, 0.25) is 5.03 Å². The van der Waals surface area contributed by atoms with Crippen molar-refractivity contribution in [1.29, 1.82) is 0 Å². The van der Waals surface area contributed by atoms with Crippen LogP contribution in [0.5, 0.6) is 0 Å². The summed E-state index contributed by atoms with van der Waals surface area (Å²) in [6.45, 7) is 0. The van der Waals surface area contributed by atoms with Crippen LogP contribution in [0.1, 0.15) is 21.5 Å². The van der Waals surface area contributed by atoms with Crippen molar-refractivity contribution in [2.24, 2.45) is 0 Å². The molecule has 0 spiro atoms. The summed E-state index contributed by atoms with van der Waals surface area (Å²) in [6, 6.07) is 14.9. The van der Waals surface area contributed by atoms with E-state index in [4.69, 9.17) is 0 Å². The van der Waals surface area contributed by atoms with E-state index in [1.54, 1.807) is 30.4 Å². The van der Waals surface area contributed by atoms with Gasteiger partial charge in [-0.3, -0.25) is 4.79 Å². The summed E-state index contributed by atoms with van der Waals surface area (Å²) >= 11 is 6.26. The van der Waals surface area contributed by atoms with E-state index in [2.05, 4.69) is 38.6 Å². The Balaban J connectivity index is 1.67. The summed E-state index contributed by atoms with van der Waals surface area (Å²) in [7, 11) is 0. The molecule has 1 aliphatic rings. The van der Waals surface area contributed by atoms with E-state index in [9.17, 15) is 9.35 Å². The zero-order valence-electron chi connectivity index (χ0n) is 13.0. The Morgan fingerprint density at radius 1 is 1.12 bits per heavy atom. The van der Waals surface area contributed by atoms with E-state index >= 15 is 0 Å². The van der Waals surface area contributed by atoms with Gasteiger partial charge in [-0.1, -0.05) is 46.3 Å². The summed E-state index contributed by atoms with van der Waals surface area (Å²) in [5.74, 6) is -0.0462. The quantitative estimate of drug-likeness (QED) is 0.297. The first-order chi connectivity index (χ1) is 12.0. The summed E-state index contributed by atoms with van der Waals surface area (Å²) < 4.78 is 15.5. The molecule has 128 valence electrons. The molecule has 1 fully saturated rings. The van der Waals surface area contributed by atoms with E-state index in [1.807, 2.05) is 36.4 Å². The predicted octanol–water partition coefficient (Wildman–Crippen LogP) is 3.71. The van der Waals surface area contributed by atoms with Gasteiger partial charge in [-0.15, -0.1) is 17.4 Å². The molecule has 1 saturated heterocycles. The molecule has 1 heterocycles. The molecule has 0 bridgehead atoms. The third kappa shape index (κ3) is 4.99. The van der Waals surface area contributed by atoms with Gasteiger partial charge in [0.25, 0.3) is 0 Å². The molecular weight excluding hydrogens is 420 g/mol. The maximum Gasteiger partial charge on any atom is 0.242 e. The van der Waals surface area contributed by atoms with Gasteiger partial charge in [-0.2, -0.15) is 0 Å². The fourth-order valence-electron chi connectivity index (χ4n) is 2.21. The number of allylic oxidation sites excluding steroid dienone is 1. The highest BCUT2D eigenvalue weighted by Gasteiger charge is 2.28. The van der Waals surface area contributed by atoms with Crippen molar-refractivity contribution in [3.63, 3.8) is 0 Å². The number of hydrogen-bond donors (Lipinski definition) is 3. The maximum absolute atomic E-state index is 12.1. The number of benzene rings is 2. The molecule has 7 heteroatoms. The van der Waals surface area contributed by atoms with Crippen molar-refractivity contribution >= 4 is 57.9 Å². The van der Waals surface area contributed by atoms with Crippen molar-refractivity contribution < 1.29 is 9.35 Å². The molecule has 2 aromatic carbocycles. The maximum atomic E-state index is 12.1. The first kappa shape index (κ1) is 18.3. The van der Waals surface area contributed by atoms with Crippen LogP contribution in [0, 0.1) is 0 Å². The number of carbonyl (C=O) groups excluding carboxylic acids is 1. The SMILES string of the molecule is O=C(/C=C/c1ccc(/C=C2/N[C@H](S)N[S+]2[O-])cc1)c1ccc(Br)cc1. The normalized spacial score (nSPS) is 21.6. The second kappa shape index (κ2) is 8.25. The highest BCUT2D eigenvalue weighted by Crippen LogP contribution is 2.17. The Kier molecular flexibility index (Phi) is 6.03. The van der Waals surface area contributed by atoms with E-state index in [1.165, 1.54) is 0 Å². The number of thiol groups is 1. The number of carbonyl (C=O) groups is 1. The summed E-state index contributed by atoms with van der Waals surface area (Å²) in [5.41, 5.74) is 2.16. The van der Waals surface area contributed by atoms with Gasteiger partial charge in [-0.25, -0.2) is 0 Å². The standard InChI is InChI=1S/C18H15BrN2O2S2/c19-15-8-6-14(7-9-15)16(22)10-5-12-1-3-13(4-2-12)11-17-20-18(24)21-25(17)23/h1-11,18,20-21,24H/b10-5+,17-11-/t18-,25?/m0/s1. The summed E-state index contributed by atoms with van der Waals surface area (Å²) in [6.07, 6.45) is 5.14. The van der Waals surface area contributed by atoms with Crippen LogP contribution in [0.3, 0.4) is 0 Å². The van der Waals surface area contributed by atoms with Crippen molar-refractivity contribution in [2.75, 3.05) is 0 Å². The zero-order chi connectivity index (χ0) is 17.8. The molecular formula is C18H15BrN2O2S2. The van der Waals surface area contributed by atoms with Crippen molar-refractivity contribution in [2.45, 2.75) is 5.50 Å². The van der Waals surface area contributed by atoms with E-state index in [-0.39, 0.29) is 11.3 Å². The number of ketones is 1. The minimum Gasteiger partial charge on any atom is -0.592 e. The largest absolute Gasteiger partial charge is 0.592 e. The molecule has 0 aliphatic carbocycles. The van der Waals surface area contributed by atoms with Gasteiger partial charge in [0.15, 0.2) is 11.3 Å². The molecule has 0 radical (unpaired) electrons. The average molecular weight is 435 g/mol. The molecule has 1 aliphatic heterocycles. The Morgan fingerprint density at radius 2 is 1.76 bits per heavy atom. The molecule has 2 aromatic rings. The van der Waals surface area contributed by atoms with E-state index in [0.717, 1.165) is 15.6 Å². The van der Waals surface area contributed by atoms with Gasteiger partial charge in [0.1, 0.15) is 0 Å². The highest BCUT2D eigenvalue weighted by molar-refractivity contribution is 9.10. The molecule has 4 nitrogen and oxygen atoms in total. The van der Waals surface area contributed by atoms with Crippen LogP contribution in [-0.2, 0) is 11.4 Å². The van der Waals surface area contributed by atoms with Crippen molar-refractivity contribution in [3.05, 3.63) is 80.8 Å². The van der Waals surface area contributed by atoms with Gasteiger partial charge >= 0.3 is 0 Å². The lowest BCUT2D eigenvalue weighted by atomic mass is 10.1. The van der Waals surface area contributed by atoms with Gasteiger partial charge in [0.05, 0.1) is 11.4 Å². The minimum atomic E-state index is -1.27. The van der Waals surface area contributed by atoms with Crippen LogP contribution in [0.2, 0.25) is 0 Å². The number of nitrogens with one attached hydrogen (secondary N) is 2. The minimum absolute atomic E-state index is 0.0462. The van der Waals surface area contributed by atoms with Crippen LogP contribution in [0.25, 0.3) is 12.2 Å². The number of halogens is 1. The van der Waals surface area contributed by atoms with Crippen molar-refractivity contribution in [3.8, 4) is 0 Å². The molecule has 2 N–H and O–H groups in total. The third-order valence-electron chi connectivity index (χ3n) is 3.49. The first-order valence-electron chi connectivity index (χ1n) is 7.43. The molecule has 1 unspecified atom stereocenters. The van der Waals surface area contributed by atoms with Crippen LogP contribution in [0.4, 0.5) is 0 Å². The van der Waals surface area contributed by atoms with E-state index in [0.29, 0.717) is 10.6 Å². The van der Waals surface area contributed by atoms with E-state index < -0.39 is 11.4 Å². The highest BCUT2D eigenvalue weighted by atomic mass is 79.9. The van der Waals surface area contributed by atoms with Gasteiger partial charge in [-0.05, 0) is 41.5 Å². The second-order valence-corrected chi connectivity index (χ2v) is 7.96. The average Bonchev–Trinajstić information content (AvgIpc) is 2.92. The zero-order valence-corrected chi connectivity index (χ0v) is 16.3. The lowest BCUT2D eigenvalue weighted by Gasteiger charge is -2.01. The fourth-order valence-corrected chi connectivity index (χ4v) is 3.85. The summed E-state index contributed by atoms with van der Waals surface area (Å²) in [4.78, 5) is 12.1. The molecule has 2 atom stereocenters. The molecule has 0 saturated carbocycles. The Hall–Kier alpha value is -1.51. The Bertz CT molecular complexity index is 820. The lowest BCUT2D eigenvalue weighted by Crippen LogP contribution is -2.25. The van der Waals surface area contributed by atoms with Gasteiger partial charge < -0.3 is 9.87 Å². The number of hydrogen-bond acceptors (Lipinski definition) is 5. The third-order valence-corrected chi connectivity index (χ3v) is 5.53. The Morgan fingerprint density at radius 3 is 2.36 bits per heavy atom. The molecule has 3 rings (SSSR count). The molecule has 0 amide bonds. The van der Waals surface area contributed by atoms with Crippen LogP contribution in [0.15, 0.2) is 64.1 Å². The predicted molar refractivity (Wildman–Crippen MR) is 109 cm³/mol. The smallest absolute Gasteiger partial charge is 0.242 e. The topological polar surface area (TPSA) is 64.2 Å². The molecule has 0 aromatic heterocycles. The lowest BCUT2D eigenvalue weighted by molar-refractivity contribution is 0.104. The van der Waals surface area contributed by atoms with Gasteiger partial charge in [0, 0.05) is 16.1 Å². The molecule has 25 heavy (non-hydrogen) atoms. The summed E-state index contributed by atoms with van der Waals surface area (Å²) in [5, 5.41) is 3.57. The Labute approximate surface area is 163 Å². The fraction of sp³-hybridized carbons (Fsp3) is 0.0556. The van der Waals surface area contributed by atoms with Crippen LogP contribution >= 0.6 is 28.6 Å². The van der Waals surface area contributed by atoms with Crippen LogP contribution in [-0.4, -0.2) is 15.8 Å². The van der Waals surface area contributed by atoms with Crippen LogP contribution < -0.4 is 10.0 Å². The second-order valence-electron chi connectivity index (χ2n) is 5.31.